The van der Waals surface area contributed by atoms with E-state index in [1.807, 2.05) is 11.3 Å². The third kappa shape index (κ3) is 3.22. The van der Waals surface area contributed by atoms with Gasteiger partial charge in [-0.1, -0.05) is 32.0 Å². The first kappa shape index (κ1) is 16.3. The van der Waals surface area contributed by atoms with Crippen molar-refractivity contribution in [3.63, 3.8) is 0 Å². The van der Waals surface area contributed by atoms with Gasteiger partial charge in [-0.25, -0.2) is 0 Å². The summed E-state index contributed by atoms with van der Waals surface area (Å²) in [5, 5.41) is 3.61. The lowest BCUT2D eigenvalue weighted by atomic mass is 9.97. The lowest BCUT2D eigenvalue weighted by Gasteiger charge is -2.07. The van der Waals surface area contributed by atoms with Gasteiger partial charge >= 0.3 is 0 Å². The third-order valence-electron chi connectivity index (χ3n) is 4.45. The molecule has 0 aliphatic heterocycles. The van der Waals surface area contributed by atoms with Crippen LogP contribution in [0.3, 0.4) is 0 Å². The van der Waals surface area contributed by atoms with Crippen LogP contribution in [0.1, 0.15) is 49.3 Å². The summed E-state index contributed by atoms with van der Waals surface area (Å²) in [6, 6.07) is 8.99. The van der Waals surface area contributed by atoms with E-state index >= 15 is 0 Å². The summed E-state index contributed by atoms with van der Waals surface area (Å²) in [6.07, 6.45) is 3.32. The van der Waals surface area contributed by atoms with Gasteiger partial charge in [-0.05, 0) is 66.8 Å². The number of aromatic nitrogens is 1. The van der Waals surface area contributed by atoms with Crippen LogP contribution in [0.2, 0.25) is 0 Å². The molecule has 0 aliphatic rings. The average molecular weight is 327 g/mol. The van der Waals surface area contributed by atoms with Gasteiger partial charge in [0.25, 0.3) is 0 Å². The molecule has 2 heterocycles. The number of benzene rings is 1. The smallest absolute Gasteiger partial charge is 0.0598 e. The fourth-order valence-corrected chi connectivity index (χ4v) is 4.18. The van der Waals surface area contributed by atoms with Crippen LogP contribution in [0.25, 0.3) is 21.5 Å². The van der Waals surface area contributed by atoms with Crippen molar-refractivity contribution in [1.29, 1.82) is 0 Å². The number of aryl methyl sites for hydroxylation is 2. The zero-order chi connectivity index (χ0) is 16.4. The Hall–Kier alpha value is -1.58. The van der Waals surface area contributed by atoms with E-state index in [9.17, 15) is 0 Å². The van der Waals surface area contributed by atoms with E-state index in [1.165, 1.54) is 38.2 Å². The predicted molar refractivity (Wildman–Crippen MR) is 102 cm³/mol. The van der Waals surface area contributed by atoms with E-state index in [2.05, 4.69) is 55.4 Å². The first-order valence-electron chi connectivity index (χ1n) is 8.51. The van der Waals surface area contributed by atoms with Crippen molar-refractivity contribution >= 4 is 22.2 Å². The Kier molecular flexibility index (Phi) is 4.88. The maximum absolute atomic E-state index is 5.69. The van der Waals surface area contributed by atoms with E-state index in [4.69, 9.17) is 5.73 Å². The number of nitrogens with one attached hydrogen (secondary N) is 1. The van der Waals surface area contributed by atoms with Gasteiger partial charge in [0, 0.05) is 10.9 Å². The molecule has 0 unspecified atom stereocenters. The number of fused-ring (bicyclic) bond motifs is 1. The summed E-state index contributed by atoms with van der Waals surface area (Å²) < 4.78 is 0. The fraction of sp³-hybridized carbons (Fsp3) is 0.400. The molecule has 3 N–H and O–H groups in total. The van der Waals surface area contributed by atoms with Crippen LogP contribution in [-0.2, 0) is 6.42 Å². The van der Waals surface area contributed by atoms with Gasteiger partial charge in [0.2, 0.25) is 0 Å². The number of aromatic amines is 1. The van der Waals surface area contributed by atoms with Crippen LogP contribution >= 0.6 is 11.3 Å². The lowest BCUT2D eigenvalue weighted by Crippen LogP contribution is -1.99. The molecule has 0 saturated heterocycles. The Morgan fingerprint density at radius 3 is 2.70 bits per heavy atom. The molecule has 0 bridgehead atoms. The molecule has 0 fully saturated rings. The van der Waals surface area contributed by atoms with Crippen LogP contribution in [0.4, 0.5) is 0 Å². The molecular weight excluding hydrogens is 300 g/mol. The molecule has 0 atom stereocenters. The molecule has 3 rings (SSSR count). The number of thiophene rings is 1. The fourth-order valence-electron chi connectivity index (χ4n) is 3.26. The highest BCUT2D eigenvalue weighted by Crippen LogP contribution is 2.37. The number of hydrogen-bond acceptors (Lipinski definition) is 2. The first-order valence-corrected chi connectivity index (χ1v) is 9.38. The molecule has 122 valence electrons. The maximum Gasteiger partial charge on any atom is 0.0598 e. The zero-order valence-electron chi connectivity index (χ0n) is 14.3. The van der Waals surface area contributed by atoms with Gasteiger partial charge in [0.05, 0.1) is 10.6 Å². The largest absolute Gasteiger partial charge is 0.353 e. The number of hydrogen-bond donors (Lipinski definition) is 2. The second-order valence-electron chi connectivity index (χ2n) is 6.64. The van der Waals surface area contributed by atoms with Gasteiger partial charge in [0.15, 0.2) is 0 Å². The summed E-state index contributed by atoms with van der Waals surface area (Å²) in [6.45, 7) is 7.46. The second kappa shape index (κ2) is 6.90. The topological polar surface area (TPSA) is 41.8 Å². The van der Waals surface area contributed by atoms with Gasteiger partial charge in [-0.2, -0.15) is 0 Å². The summed E-state index contributed by atoms with van der Waals surface area (Å²) in [5.74, 6) is 0.521. The monoisotopic (exact) mass is 326 g/mol. The highest BCUT2D eigenvalue weighted by Gasteiger charge is 2.17. The SMILES string of the molecule is Cc1csc(-c2[nH]c3c(C(C)C)cccc3c2CCCCN)c1. The van der Waals surface area contributed by atoms with E-state index < -0.39 is 0 Å². The van der Waals surface area contributed by atoms with E-state index in [0.29, 0.717) is 5.92 Å². The Labute approximate surface area is 142 Å². The molecule has 1 aromatic carbocycles. The summed E-state index contributed by atoms with van der Waals surface area (Å²) in [5.41, 5.74) is 12.5. The molecule has 0 amide bonds. The Morgan fingerprint density at radius 1 is 1.22 bits per heavy atom. The average Bonchev–Trinajstić information content (AvgIpc) is 3.11. The molecule has 2 nitrogen and oxygen atoms in total. The van der Waals surface area contributed by atoms with Crippen molar-refractivity contribution in [2.75, 3.05) is 6.54 Å². The standard InChI is InChI=1S/C20H26N2S/c1-13(2)15-8-6-9-16-17(7-4-5-10-21)20(22-19(15)16)18-11-14(3)12-23-18/h6,8-9,11-13,22H,4-5,7,10,21H2,1-3H3. The minimum Gasteiger partial charge on any atom is -0.353 e. The molecule has 0 saturated carbocycles. The van der Waals surface area contributed by atoms with Gasteiger partial charge in [-0.15, -0.1) is 11.3 Å². The number of para-hydroxylation sites is 1. The van der Waals surface area contributed by atoms with Gasteiger partial charge in [-0.3, -0.25) is 0 Å². The zero-order valence-corrected chi connectivity index (χ0v) is 15.1. The highest BCUT2D eigenvalue weighted by molar-refractivity contribution is 7.13. The Balaban J connectivity index is 2.16. The van der Waals surface area contributed by atoms with Crippen molar-refractivity contribution < 1.29 is 0 Å². The lowest BCUT2D eigenvalue weighted by molar-refractivity contribution is 0.748. The van der Waals surface area contributed by atoms with Crippen molar-refractivity contribution in [1.82, 2.24) is 4.98 Å². The molecule has 3 heteroatoms. The first-order chi connectivity index (χ1) is 11.1. The number of H-pyrrole nitrogens is 1. The number of nitrogens with two attached hydrogens (primary N) is 1. The molecule has 0 aliphatic carbocycles. The Morgan fingerprint density at radius 2 is 2.04 bits per heavy atom. The van der Waals surface area contributed by atoms with Gasteiger partial charge < -0.3 is 10.7 Å². The van der Waals surface area contributed by atoms with E-state index in [-0.39, 0.29) is 0 Å². The van der Waals surface area contributed by atoms with Gasteiger partial charge in [0.1, 0.15) is 0 Å². The highest BCUT2D eigenvalue weighted by atomic mass is 32.1. The van der Waals surface area contributed by atoms with Crippen LogP contribution in [-0.4, -0.2) is 11.5 Å². The Bertz CT molecular complexity index is 795. The van der Waals surface area contributed by atoms with Crippen LogP contribution in [0, 0.1) is 6.92 Å². The molecular formula is C20H26N2S. The van der Waals surface area contributed by atoms with Crippen molar-refractivity contribution in [3.05, 3.63) is 46.3 Å². The number of unbranched alkanes of at least 4 members (excludes halogenated alkanes) is 1. The normalized spacial score (nSPS) is 11.7. The molecule has 23 heavy (non-hydrogen) atoms. The molecule has 2 aromatic heterocycles. The third-order valence-corrected chi connectivity index (χ3v) is 5.52. The summed E-state index contributed by atoms with van der Waals surface area (Å²) >= 11 is 1.83. The van der Waals surface area contributed by atoms with E-state index in [0.717, 1.165) is 25.8 Å². The van der Waals surface area contributed by atoms with Crippen LogP contribution in [0.15, 0.2) is 29.6 Å². The van der Waals surface area contributed by atoms with E-state index in [1.54, 1.807) is 0 Å². The number of rotatable bonds is 6. The van der Waals surface area contributed by atoms with Crippen LogP contribution in [0.5, 0.6) is 0 Å². The van der Waals surface area contributed by atoms with Crippen molar-refractivity contribution in [2.45, 2.75) is 46.0 Å². The van der Waals surface area contributed by atoms with Crippen molar-refractivity contribution in [2.24, 2.45) is 5.73 Å². The minimum atomic E-state index is 0.521. The second-order valence-corrected chi connectivity index (χ2v) is 7.55. The molecule has 0 spiro atoms. The van der Waals surface area contributed by atoms with Crippen LogP contribution < -0.4 is 5.73 Å². The predicted octanol–water partition coefficient (Wildman–Crippen LogP) is 5.61. The maximum atomic E-state index is 5.69. The molecule has 0 radical (unpaired) electrons. The minimum absolute atomic E-state index is 0.521. The molecule has 3 aromatic rings. The quantitative estimate of drug-likeness (QED) is 0.568. The summed E-state index contributed by atoms with van der Waals surface area (Å²) in [7, 11) is 0. The summed E-state index contributed by atoms with van der Waals surface area (Å²) in [4.78, 5) is 5.09. The van der Waals surface area contributed by atoms with Crippen molar-refractivity contribution in [3.8, 4) is 10.6 Å².